The van der Waals surface area contributed by atoms with Crippen molar-refractivity contribution in [2.24, 2.45) is 16.0 Å². The molecule has 1 amide bonds. The third-order valence-corrected chi connectivity index (χ3v) is 6.30. The van der Waals surface area contributed by atoms with Crippen LogP contribution in [-0.4, -0.2) is 40.2 Å². The van der Waals surface area contributed by atoms with Gasteiger partial charge in [0.05, 0.1) is 5.57 Å². The largest absolute Gasteiger partial charge is 0.490 e. The molecule has 0 atom stereocenters. The van der Waals surface area contributed by atoms with Crippen molar-refractivity contribution in [2.45, 2.75) is 34.1 Å². The van der Waals surface area contributed by atoms with E-state index >= 15 is 0 Å². The van der Waals surface area contributed by atoms with Crippen molar-refractivity contribution in [3.8, 4) is 11.5 Å². The van der Waals surface area contributed by atoms with Gasteiger partial charge >= 0.3 is 0 Å². The molecule has 2 aliphatic heterocycles. The molecule has 0 saturated carbocycles. The lowest BCUT2D eigenvalue weighted by Crippen LogP contribution is -2.35. The zero-order valence-electron chi connectivity index (χ0n) is 19.8. The normalized spacial score (nSPS) is 16.6. The number of rotatable bonds is 8. The minimum atomic E-state index is -0.423. The molecule has 0 aromatic heterocycles. The molecule has 2 aromatic rings. The van der Waals surface area contributed by atoms with Crippen LogP contribution in [0.1, 0.15) is 37.0 Å². The van der Waals surface area contributed by atoms with Gasteiger partial charge in [-0.15, -0.1) is 0 Å². The highest BCUT2D eigenvalue weighted by Gasteiger charge is 2.35. The second-order valence-electron chi connectivity index (χ2n) is 8.62. The first kappa shape index (κ1) is 23.8. The molecule has 7 nitrogen and oxygen atoms in total. The molecule has 0 saturated heterocycles. The number of hydrogen-bond donors (Lipinski definition) is 1. The molecule has 34 heavy (non-hydrogen) atoms. The molecule has 2 aliphatic rings. The number of carbonyl (C=O) groups is 1. The van der Waals surface area contributed by atoms with Crippen LogP contribution in [0.5, 0.6) is 11.5 Å². The third-order valence-electron chi connectivity index (χ3n) is 5.37. The van der Waals surface area contributed by atoms with E-state index in [1.54, 1.807) is 6.08 Å². The molecule has 0 radical (unpaired) electrons. The molecule has 0 spiro atoms. The number of hydrogen-bond acceptors (Lipinski definition) is 6. The van der Waals surface area contributed by atoms with Crippen LogP contribution in [0.25, 0.3) is 6.08 Å². The molecule has 1 N–H and O–H groups in total. The third kappa shape index (κ3) is 5.56. The van der Waals surface area contributed by atoms with Crippen LogP contribution in [0.3, 0.4) is 0 Å². The van der Waals surface area contributed by atoms with Gasteiger partial charge in [-0.05, 0) is 78.6 Å². The van der Waals surface area contributed by atoms with E-state index < -0.39 is 5.91 Å². The summed E-state index contributed by atoms with van der Waals surface area (Å²) in [7, 11) is 0. The minimum Gasteiger partial charge on any atom is -0.490 e. The fourth-order valence-corrected chi connectivity index (χ4v) is 4.51. The summed E-state index contributed by atoms with van der Waals surface area (Å²) in [6.45, 7) is 9.20. The van der Waals surface area contributed by atoms with Crippen LogP contribution in [0, 0.1) is 25.2 Å². The summed E-state index contributed by atoms with van der Waals surface area (Å²) in [5.74, 6) is 1.59. The summed E-state index contributed by atoms with van der Waals surface area (Å²) in [6.07, 6.45) is 2.45. The van der Waals surface area contributed by atoms with Gasteiger partial charge in [0.25, 0.3) is 5.91 Å². The van der Waals surface area contributed by atoms with E-state index in [1.807, 2.05) is 42.5 Å². The Hall–Kier alpha value is -3.39. The van der Waals surface area contributed by atoms with Crippen LogP contribution < -0.4 is 9.47 Å². The molecular weight excluding hydrogens is 448 g/mol. The minimum absolute atomic E-state index is 0.0464. The van der Waals surface area contributed by atoms with Crippen molar-refractivity contribution in [3.63, 3.8) is 0 Å². The molecule has 0 unspecified atom stereocenters. The van der Waals surface area contributed by atoms with E-state index in [0.717, 1.165) is 22.8 Å². The van der Waals surface area contributed by atoms with Gasteiger partial charge in [-0.1, -0.05) is 32.0 Å². The van der Waals surface area contributed by atoms with Gasteiger partial charge in [0, 0.05) is 6.42 Å². The number of amidine groups is 2. The standard InChI is InChI=1S/C26H28N4O3S/c1-16(2)13-23-29-30-24(27)22(25(31)28-26(30)34-23)15-19-6-9-20(10-7-19)32-11-12-33-21-8-5-17(3)18(4)14-21/h5-10,14-16,27H,11-13H2,1-4H3/b22-15+,27-24?. The second kappa shape index (κ2) is 10.3. The summed E-state index contributed by atoms with van der Waals surface area (Å²) in [5, 5.41) is 15.7. The van der Waals surface area contributed by atoms with Gasteiger partial charge in [-0.3, -0.25) is 10.2 Å². The Morgan fingerprint density at radius 3 is 2.38 bits per heavy atom. The Labute approximate surface area is 204 Å². The van der Waals surface area contributed by atoms with E-state index in [9.17, 15) is 4.79 Å². The topological polar surface area (TPSA) is 87.3 Å². The van der Waals surface area contributed by atoms with Crippen molar-refractivity contribution in [1.29, 1.82) is 5.41 Å². The summed E-state index contributed by atoms with van der Waals surface area (Å²) in [6, 6.07) is 13.4. The number of aryl methyl sites for hydroxylation is 2. The molecule has 2 aromatic carbocycles. The van der Waals surface area contributed by atoms with E-state index in [1.165, 1.54) is 27.9 Å². The highest BCUT2D eigenvalue weighted by Crippen LogP contribution is 2.30. The van der Waals surface area contributed by atoms with E-state index in [2.05, 4.69) is 37.8 Å². The molecule has 176 valence electrons. The first-order valence-corrected chi connectivity index (χ1v) is 12.0. The summed E-state index contributed by atoms with van der Waals surface area (Å²) < 4.78 is 11.5. The number of benzene rings is 2. The first-order valence-electron chi connectivity index (χ1n) is 11.2. The lowest BCUT2D eigenvalue weighted by molar-refractivity contribution is -0.114. The Morgan fingerprint density at radius 2 is 1.71 bits per heavy atom. The monoisotopic (exact) mass is 476 g/mol. The van der Waals surface area contributed by atoms with E-state index in [4.69, 9.17) is 14.9 Å². The lowest BCUT2D eigenvalue weighted by atomic mass is 10.1. The second-order valence-corrected chi connectivity index (χ2v) is 9.66. The number of amides is 1. The smallest absolute Gasteiger partial charge is 0.283 e. The maximum atomic E-state index is 12.6. The number of ether oxygens (including phenoxy) is 2. The van der Waals surface area contributed by atoms with Crippen molar-refractivity contribution in [3.05, 3.63) is 64.7 Å². The average Bonchev–Trinajstić information content (AvgIpc) is 3.19. The van der Waals surface area contributed by atoms with Crippen molar-refractivity contribution >= 4 is 39.8 Å². The van der Waals surface area contributed by atoms with Crippen molar-refractivity contribution in [2.75, 3.05) is 13.2 Å². The van der Waals surface area contributed by atoms with Crippen molar-refractivity contribution in [1.82, 2.24) is 5.01 Å². The average molecular weight is 477 g/mol. The maximum Gasteiger partial charge on any atom is 0.283 e. The van der Waals surface area contributed by atoms with Gasteiger partial charge in [-0.2, -0.15) is 15.1 Å². The van der Waals surface area contributed by atoms with E-state index in [0.29, 0.717) is 30.0 Å². The van der Waals surface area contributed by atoms with Crippen LogP contribution in [-0.2, 0) is 4.79 Å². The molecular formula is C26H28N4O3S. The quantitative estimate of drug-likeness (QED) is 0.406. The first-order chi connectivity index (χ1) is 16.3. The molecule has 2 heterocycles. The highest BCUT2D eigenvalue weighted by molar-refractivity contribution is 8.26. The number of hydrazone groups is 1. The van der Waals surface area contributed by atoms with Crippen LogP contribution in [0.2, 0.25) is 0 Å². The molecule has 0 fully saturated rings. The van der Waals surface area contributed by atoms with Gasteiger partial charge in [0.15, 0.2) is 5.84 Å². The number of carbonyl (C=O) groups excluding carboxylic acids is 1. The van der Waals surface area contributed by atoms with Crippen LogP contribution >= 0.6 is 11.8 Å². The summed E-state index contributed by atoms with van der Waals surface area (Å²) in [5.41, 5.74) is 3.43. The van der Waals surface area contributed by atoms with E-state index in [-0.39, 0.29) is 11.4 Å². The van der Waals surface area contributed by atoms with Gasteiger partial charge in [0.1, 0.15) is 29.8 Å². The maximum absolute atomic E-state index is 12.6. The Bertz CT molecular complexity index is 1200. The predicted octanol–water partition coefficient (Wildman–Crippen LogP) is 5.43. The Kier molecular flexibility index (Phi) is 7.17. The van der Waals surface area contributed by atoms with Gasteiger partial charge in [0.2, 0.25) is 5.17 Å². The molecule has 8 heteroatoms. The fraction of sp³-hybridized carbons (Fsp3) is 0.308. The van der Waals surface area contributed by atoms with Crippen LogP contribution in [0.15, 0.2) is 58.1 Å². The number of fused-ring (bicyclic) bond motifs is 1. The number of nitrogens with zero attached hydrogens (tertiary/aromatic N) is 3. The SMILES string of the molecule is Cc1ccc(OCCOc2ccc(/C=C3\C(=N)N4N=C(CC(C)C)SC4=NC3=O)cc2)cc1C. The summed E-state index contributed by atoms with van der Waals surface area (Å²) in [4.78, 5) is 16.7. The summed E-state index contributed by atoms with van der Waals surface area (Å²) >= 11 is 1.36. The Balaban J connectivity index is 1.35. The predicted molar refractivity (Wildman–Crippen MR) is 138 cm³/mol. The molecule has 4 rings (SSSR count). The number of nitrogens with one attached hydrogen (secondary N) is 1. The zero-order chi connectivity index (χ0) is 24.2. The van der Waals surface area contributed by atoms with Crippen molar-refractivity contribution < 1.29 is 14.3 Å². The van der Waals surface area contributed by atoms with Gasteiger partial charge < -0.3 is 9.47 Å². The highest BCUT2D eigenvalue weighted by atomic mass is 32.2. The zero-order valence-corrected chi connectivity index (χ0v) is 20.6. The molecule has 0 aliphatic carbocycles. The lowest BCUT2D eigenvalue weighted by Gasteiger charge is -2.20. The van der Waals surface area contributed by atoms with Crippen LogP contribution in [0.4, 0.5) is 0 Å². The molecule has 0 bridgehead atoms. The number of thioether (sulfide) groups is 1. The van der Waals surface area contributed by atoms with Gasteiger partial charge in [-0.25, -0.2) is 0 Å². The fourth-order valence-electron chi connectivity index (χ4n) is 3.41. The Morgan fingerprint density at radius 1 is 1.03 bits per heavy atom. The number of aliphatic imine (C=N–C) groups is 1.